The van der Waals surface area contributed by atoms with E-state index in [4.69, 9.17) is 14.2 Å². The molecule has 10 heteroatoms. The van der Waals surface area contributed by atoms with Crippen LogP contribution in [0.5, 0.6) is 17.2 Å². The summed E-state index contributed by atoms with van der Waals surface area (Å²) in [4.78, 5) is 5.92. The summed E-state index contributed by atoms with van der Waals surface area (Å²) in [5.41, 5.74) is 0.634. The Labute approximate surface area is 198 Å². The second-order valence-corrected chi connectivity index (χ2v) is 6.61. The highest BCUT2D eigenvalue weighted by Crippen LogP contribution is 2.39. The highest BCUT2D eigenvalue weighted by atomic mass is 127. The van der Waals surface area contributed by atoms with E-state index in [1.807, 2.05) is 0 Å². The maximum atomic E-state index is 14.3. The first-order valence-corrected chi connectivity index (χ1v) is 9.24. The molecule has 1 unspecified atom stereocenters. The molecule has 31 heavy (non-hydrogen) atoms. The van der Waals surface area contributed by atoms with Crippen molar-refractivity contribution < 1.29 is 23.0 Å². The largest absolute Gasteiger partial charge is 0.493 e. The maximum absolute atomic E-state index is 14.3. The number of nitrogens with one attached hydrogen (secondary N) is 2. The molecule has 0 bridgehead atoms. The first-order valence-electron chi connectivity index (χ1n) is 9.24. The van der Waals surface area contributed by atoms with Crippen molar-refractivity contribution in [3.63, 3.8) is 0 Å². The number of hydrogen-bond donors (Lipinski definition) is 2. The minimum absolute atomic E-state index is 0. The minimum atomic E-state index is -0.594. The molecule has 0 saturated heterocycles. The fraction of sp³-hybridized carbons (Fsp3) is 0.381. The van der Waals surface area contributed by atoms with Crippen LogP contribution >= 0.6 is 24.0 Å². The quantitative estimate of drug-likeness (QED) is 0.296. The van der Waals surface area contributed by atoms with Crippen LogP contribution in [0.4, 0.5) is 14.5 Å². The van der Waals surface area contributed by atoms with Crippen molar-refractivity contribution >= 4 is 35.6 Å². The fourth-order valence-electron chi connectivity index (χ4n) is 3.03. The highest BCUT2D eigenvalue weighted by Gasteiger charge is 2.22. The molecule has 0 aliphatic heterocycles. The second kappa shape index (κ2) is 12.5. The van der Waals surface area contributed by atoms with Crippen molar-refractivity contribution in [1.82, 2.24) is 10.2 Å². The summed E-state index contributed by atoms with van der Waals surface area (Å²) in [7, 11) is 9.69. The van der Waals surface area contributed by atoms with Crippen LogP contribution in [0, 0.1) is 11.6 Å². The van der Waals surface area contributed by atoms with E-state index >= 15 is 0 Å². The zero-order valence-electron chi connectivity index (χ0n) is 18.5. The summed E-state index contributed by atoms with van der Waals surface area (Å²) in [6, 6.07) is 6.75. The van der Waals surface area contributed by atoms with Gasteiger partial charge >= 0.3 is 0 Å². The number of ether oxygens (including phenoxy) is 3. The van der Waals surface area contributed by atoms with E-state index in [1.165, 1.54) is 39.5 Å². The lowest BCUT2D eigenvalue weighted by atomic mass is 10.0. The van der Waals surface area contributed by atoms with Crippen LogP contribution in [-0.4, -0.2) is 59.9 Å². The highest BCUT2D eigenvalue weighted by molar-refractivity contribution is 14.0. The smallest absolute Gasteiger partial charge is 0.203 e. The monoisotopic (exact) mass is 550 g/mol. The zero-order valence-corrected chi connectivity index (χ0v) is 20.8. The number of nitrogens with zero attached hydrogens (tertiary/aromatic N) is 2. The lowest BCUT2D eigenvalue weighted by Gasteiger charge is -2.26. The van der Waals surface area contributed by atoms with Gasteiger partial charge in [-0.2, -0.15) is 0 Å². The van der Waals surface area contributed by atoms with Gasteiger partial charge in [0.25, 0.3) is 0 Å². The first-order chi connectivity index (χ1) is 14.4. The van der Waals surface area contributed by atoms with Crippen molar-refractivity contribution in [2.45, 2.75) is 6.04 Å². The maximum Gasteiger partial charge on any atom is 0.203 e. The van der Waals surface area contributed by atoms with Crippen molar-refractivity contribution in [1.29, 1.82) is 0 Å². The molecule has 1 atom stereocenters. The standard InChI is InChI=1S/C21H28F2N4O3.HI/c1-24-21(26-13-10-17(28-4)20(30-6)18(11-13)29-5)25-12-16(27(2)3)19-14(22)8-7-9-15(19)23;/h7-11,16H,12H2,1-6H3,(H2,24,25,26);1H. The number of anilines is 1. The molecule has 0 aliphatic rings. The van der Waals surface area contributed by atoms with E-state index in [-0.39, 0.29) is 36.1 Å². The van der Waals surface area contributed by atoms with Gasteiger partial charge in [-0.3, -0.25) is 4.99 Å². The van der Waals surface area contributed by atoms with Crippen LogP contribution in [0.3, 0.4) is 0 Å². The topological polar surface area (TPSA) is 67.4 Å². The molecular weight excluding hydrogens is 521 g/mol. The van der Waals surface area contributed by atoms with Gasteiger partial charge in [-0.15, -0.1) is 24.0 Å². The third-order valence-electron chi connectivity index (χ3n) is 4.57. The lowest BCUT2D eigenvalue weighted by Crippen LogP contribution is -2.38. The van der Waals surface area contributed by atoms with Gasteiger partial charge in [0.2, 0.25) is 5.75 Å². The van der Waals surface area contributed by atoms with Crippen molar-refractivity contribution in [3.8, 4) is 17.2 Å². The number of methoxy groups -OCH3 is 3. The first kappa shape index (κ1) is 26.7. The SMILES string of the molecule is CN=C(NCC(c1c(F)cccc1F)N(C)C)Nc1cc(OC)c(OC)c(OC)c1.I. The summed E-state index contributed by atoms with van der Waals surface area (Å²) in [6.45, 7) is 0.217. The molecule has 2 N–H and O–H groups in total. The third-order valence-corrected chi connectivity index (χ3v) is 4.57. The van der Waals surface area contributed by atoms with Crippen LogP contribution in [-0.2, 0) is 0 Å². The Kier molecular flexibility index (Phi) is 10.8. The molecule has 7 nitrogen and oxygen atoms in total. The summed E-state index contributed by atoms with van der Waals surface area (Å²) < 4.78 is 44.6. The van der Waals surface area contributed by atoms with Crippen LogP contribution in [0.15, 0.2) is 35.3 Å². The number of hydrogen-bond acceptors (Lipinski definition) is 5. The number of aliphatic imine (C=N–C) groups is 1. The van der Waals surface area contributed by atoms with Gasteiger partial charge in [0.1, 0.15) is 11.6 Å². The summed E-state index contributed by atoms with van der Waals surface area (Å²) in [5.74, 6) is 0.652. The van der Waals surface area contributed by atoms with Gasteiger partial charge < -0.3 is 29.7 Å². The fourth-order valence-corrected chi connectivity index (χ4v) is 3.03. The number of likely N-dealkylation sites (N-methyl/N-ethyl adjacent to an activating group) is 1. The van der Waals surface area contributed by atoms with E-state index in [0.717, 1.165) is 0 Å². The van der Waals surface area contributed by atoms with Gasteiger partial charge in [-0.1, -0.05) is 6.07 Å². The Bertz CT molecular complexity index is 852. The Morgan fingerprint density at radius 2 is 1.58 bits per heavy atom. The van der Waals surface area contributed by atoms with Gasteiger partial charge in [0, 0.05) is 37.0 Å². The molecule has 0 aromatic heterocycles. The van der Waals surface area contributed by atoms with Gasteiger partial charge in [0.05, 0.1) is 27.4 Å². The number of benzene rings is 2. The molecule has 0 amide bonds. The zero-order chi connectivity index (χ0) is 22.3. The molecule has 2 rings (SSSR count). The summed E-state index contributed by atoms with van der Waals surface area (Å²) >= 11 is 0. The molecule has 172 valence electrons. The Morgan fingerprint density at radius 3 is 2.00 bits per heavy atom. The summed E-state index contributed by atoms with van der Waals surface area (Å²) in [6.07, 6.45) is 0. The Morgan fingerprint density at radius 1 is 1.03 bits per heavy atom. The number of guanidine groups is 1. The molecule has 2 aromatic carbocycles. The van der Waals surface area contributed by atoms with Gasteiger partial charge in [-0.25, -0.2) is 8.78 Å². The van der Waals surface area contributed by atoms with Gasteiger partial charge in [0.15, 0.2) is 17.5 Å². The molecule has 0 fully saturated rings. The third kappa shape index (κ3) is 6.57. The summed E-state index contributed by atoms with van der Waals surface area (Å²) in [5, 5.41) is 6.23. The lowest BCUT2D eigenvalue weighted by molar-refractivity contribution is 0.283. The van der Waals surface area contributed by atoms with Crippen molar-refractivity contribution in [3.05, 3.63) is 47.5 Å². The molecule has 0 saturated carbocycles. The molecule has 0 spiro atoms. The van der Waals surface area contributed by atoms with E-state index in [0.29, 0.717) is 28.9 Å². The normalized spacial score (nSPS) is 12.1. The molecule has 0 radical (unpaired) electrons. The van der Waals surface area contributed by atoms with Crippen molar-refractivity contribution in [2.75, 3.05) is 54.3 Å². The Balaban J connectivity index is 0.00000480. The predicted molar refractivity (Wildman–Crippen MR) is 129 cm³/mol. The van der Waals surface area contributed by atoms with E-state index in [9.17, 15) is 8.78 Å². The van der Waals surface area contributed by atoms with E-state index in [2.05, 4.69) is 15.6 Å². The van der Waals surface area contributed by atoms with Crippen molar-refractivity contribution in [2.24, 2.45) is 4.99 Å². The average molecular weight is 550 g/mol. The molecule has 0 heterocycles. The molecule has 2 aromatic rings. The molecular formula is C21H29F2IN4O3. The average Bonchev–Trinajstić information content (AvgIpc) is 2.73. The minimum Gasteiger partial charge on any atom is -0.493 e. The number of rotatable bonds is 8. The van der Waals surface area contributed by atoms with Crippen LogP contribution in [0.1, 0.15) is 11.6 Å². The van der Waals surface area contributed by atoms with Crippen LogP contribution < -0.4 is 24.8 Å². The second-order valence-electron chi connectivity index (χ2n) is 6.61. The molecule has 0 aliphatic carbocycles. The van der Waals surface area contributed by atoms with E-state index in [1.54, 1.807) is 38.2 Å². The number of halogens is 3. The predicted octanol–water partition coefficient (Wildman–Crippen LogP) is 3.90. The van der Waals surface area contributed by atoms with Crippen LogP contribution in [0.25, 0.3) is 0 Å². The van der Waals surface area contributed by atoms with Gasteiger partial charge in [-0.05, 0) is 26.2 Å². The van der Waals surface area contributed by atoms with E-state index < -0.39 is 17.7 Å². The van der Waals surface area contributed by atoms with Crippen LogP contribution in [0.2, 0.25) is 0 Å². The Hall–Kier alpha value is -2.34.